The number of benzene rings is 2. The fraction of sp³-hybridized carbons (Fsp3) is 0.211. The molecule has 27 heavy (non-hydrogen) atoms. The third kappa shape index (κ3) is 4.26. The second-order valence-corrected chi connectivity index (χ2v) is 7.43. The highest BCUT2D eigenvalue weighted by Crippen LogP contribution is 2.20. The van der Waals surface area contributed by atoms with Crippen molar-refractivity contribution in [2.24, 2.45) is 0 Å². The number of aryl methyl sites for hydroxylation is 1. The third-order valence-electron chi connectivity index (χ3n) is 4.36. The predicted molar refractivity (Wildman–Crippen MR) is 107 cm³/mol. The van der Waals surface area contributed by atoms with E-state index in [1.165, 1.54) is 12.1 Å². The number of imide groups is 1. The monoisotopic (exact) mass is 481 g/mol. The predicted octanol–water partition coefficient (Wildman–Crippen LogP) is 2.84. The number of carbonyl (C=O) groups is 3. The van der Waals surface area contributed by atoms with E-state index >= 15 is 0 Å². The van der Waals surface area contributed by atoms with Gasteiger partial charge in [-0.15, -0.1) is 0 Å². The lowest BCUT2D eigenvalue weighted by molar-refractivity contribution is -0.132. The van der Waals surface area contributed by atoms with E-state index < -0.39 is 29.7 Å². The van der Waals surface area contributed by atoms with E-state index in [2.05, 4.69) is 10.6 Å². The van der Waals surface area contributed by atoms with E-state index in [0.29, 0.717) is 3.57 Å². The van der Waals surface area contributed by atoms with Crippen molar-refractivity contribution in [3.8, 4) is 0 Å². The largest absolute Gasteiger partial charge is 0.329 e. The molecular formula is C19H17FIN3O3. The molecular weight excluding hydrogens is 464 g/mol. The lowest BCUT2D eigenvalue weighted by Crippen LogP contribution is -2.49. The van der Waals surface area contributed by atoms with E-state index in [9.17, 15) is 18.8 Å². The van der Waals surface area contributed by atoms with Gasteiger partial charge in [0, 0.05) is 9.99 Å². The van der Waals surface area contributed by atoms with Gasteiger partial charge >= 0.3 is 6.03 Å². The van der Waals surface area contributed by atoms with Crippen molar-refractivity contribution >= 4 is 46.1 Å². The summed E-state index contributed by atoms with van der Waals surface area (Å²) in [5, 5.41) is 4.92. The Morgan fingerprint density at radius 3 is 2.67 bits per heavy atom. The van der Waals surface area contributed by atoms with Crippen molar-refractivity contribution in [3.05, 3.63) is 63.0 Å². The first-order valence-electron chi connectivity index (χ1n) is 8.27. The van der Waals surface area contributed by atoms with E-state index in [-0.39, 0.29) is 18.7 Å². The van der Waals surface area contributed by atoms with Crippen LogP contribution in [0.25, 0.3) is 0 Å². The Balaban J connectivity index is 1.91. The zero-order valence-corrected chi connectivity index (χ0v) is 16.6. The summed E-state index contributed by atoms with van der Waals surface area (Å²) in [5.74, 6) is -1.69. The van der Waals surface area contributed by atoms with E-state index in [1.807, 2.05) is 53.8 Å². The fourth-order valence-corrected chi connectivity index (χ4v) is 3.36. The first kappa shape index (κ1) is 19.3. The Morgan fingerprint density at radius 2 is 2.04 bits per heavy atom. The number of nitrogens with zero attached hydrogens (tertiary/aromatic N) is 1. The number of rotatable bonds is 5. The maximum Gasteiger partial charge on any atom is 0.325 e. The van der Waals surface area contributed by atoms with Crippen LogP contribution in [0.3, 0.4) is 0 Å². The zero-order valence-electron chi connectivity index (χ0n) is 14.5. The minimum atomic E-state index is -1.08. The minimum Gasteiger partial charge on any atom is -0.329 e. The fourth-order valence-electron chi connectivity index (χ4n) is 2.91. The van der Waals surface area contributed by atoms with Gasteiger partial charge < -0.3 is 10.6 Å². The van der Waals surface area contributed by atoms with Crippen LogP contribution in [-0.4, -0.2) is 35.3 Å². The number of urea groups is 1. The maximum absolute atomic E-state index is 14.1. The lowest BCUT2D eigenvalue weighted by atomic mass is 9.99. The molecule has 1 aliphatic rings. The molecule has 0 aliphatic carbocycles. The highest BCUT2D eigenvalue weighted by atomic mass is 127. The van der Waals surface area contributed by atoms with E-state index in [4.69, 9.17) is 0 Å². The highest BCUT2D eigenvalue weighted by Gasteiger charge is 2.39. The van der Waals surface area contributed by atoms with Gasteiger partial charge in [0.2, 0.25) is 5.91 Å². The summed E-state index contributed by atoms with van der Waals surface area (Å²) in [7, 11) is 0. The van der Waals surface area contributed by atoms with Gasteiger partial charge in [0.25, 0.3) is 5.91 Å². The standard InChI is InChI=1S/C19H17FIN3O3/c1-11-4-2-3-5-12(11)8-16(24-17(25)10-22-19(24)27)18(26)23-15-7-6-13(21)9-14(15)20/h2-7,9,16H,8,10H2,1H3,(H,22,27)(H,23,26). The SMILES string of the molecule is Cc1ccccc1CC(C(=O)Nc1ccc(I)cc1F)N1C(=O)CNC1=O. The van der Waals surface area contributed by atoms with E-state index in [0.717, 1.165) is 16.0 Å². The topological polar surface area (TPSA) is 78.5 Å². The lowest BCUT2D eigenvalue weighted by Gasteiger charge is -2.25. The molecule has 140 valence electrons. The highest BCUT2D eigenvalue weighted by molar-refractivity contribution is 14.1. The Bertz CT molecular complexity index is 903. The number of nitrogens with one attached hydrogen (secondary N) is 2. The molecule has 2 aromatic rings. The third-order valence-corrected chi connectivity index (χ3v) is 5.03. The average Bonchev–Trinajstić information content (AvgIpc) is 2.95. The Morgan fingerprint density at radius 1 is 1.30 bits per heavy atom. The molecule has 1 fully saturated rings. The van der Waals surface area contributed by atoms with Crippen molar-refractivity contribution in [3.63, 3.8) is 0 Å². The van der Waals surface area contributed by atoms with E-state index in [1.54, 1.807) is 6.07 Å². The molecule has 2 N–H and O–H groups in total. The van der Waals surface area contributed by atoms with Gasteiger partial charge in [-0.3, -0.25) is 9.59 Å². The Hall–Kier alpha value is -2.49. The number of hydrogen-bond acceptors (Lipinski definition) is 3. The normalized spacial score (nSPS) is 14.9. The molecule has 2 aromatic carbocycles. The number of anilines is 1. The Kier molecular flexibility index (Phi) is 5.73. The molecule has 1 saturated heterocycles. The number of hydrogen-bond donors (Lipinski definition) is 2. The van der Waals surface area contributed by atoms with Gasteiger partial charge in [-0.05, 0) is 58.8 Å². The molecule has 1 unspecified atom stereocenters. The molecule has 1 atom stereocenters. The number of carbonyl (C=O) groups excluding carboxylic acids is 3. The van der Waals surface area contributed by atoms with Crippen LogP contribution in [0.4, 0.5) is 14.9 Å². The minimum absolute atomic E-state index is 0.00209. The number of halogens is 2. The molecule has 0 aromatic heterocycles. The maximum atomic E-state index is 14.1. The van der Waals surface area contributed by atoms with Gasteiger partial charge in [0.05, 0.1) is 12.2 Å². The van der Waals surface area contributed by atoms with Crippen molar-refractivity contribution in [2.45, 2.75) is 19.4 Å². The van der Waals surface area contributed by atoms with Gasteiger partial charge in [0.15, 0.2) is 0 Å². The zero-order chi connectivity index (χ0) is 19.6. The average molecular weight is 481 g/mol. The van der Waals surface area contributed by atoms with Crippen LogP contribution < -0.4 is 10.6 Å². The molecule has 0 saturated carbocycles. The summed E-state index contributed by atoms with van der Waals surface area (Å²) in [6.45, 7) is 1.73. The van der Waals surface area contributed by atoms with Gasteiger partial charge in [-0.25, -0.2) is 14.1 Å². The van der Waals surface area contributed by atoms with Gasteiger partial charge in [0.1, 0.15) is 11.9 Å². The smallest absolute Gasteiger partial charge is 0.325 e. The quantitative estimate of drug-likeness (QED) is 0.510. The molecule has 1 aliphatic heterocycles. The second-order valence-electron chi connectivity index (χ2n) is 6.18. The molecule has 8 heteroatoms. The summed E-state index contributed by atoms with van der Waals surface area (Å²) >= 11 is 1.97. The van der Waals surface area contributed by atoms with Crippen LogP contribution >= 0.6 is 22.6 Å². The molecule has 6 nitrogen and oxygen atoms in total. The van der Waals surface area contributed by atoms with Crippen LogP contribution in [0.15, 0.2) is 42.5 Å². The van der Waals surface area contributed by atoms with Crippen LogP contribution in [0.2, 0.25) is 0 Å². The second kappa shape index (κ2) is 8.03. The summed E-state index contributed by atoms with van der Waals surface area (Å²) in [6.07, 6.45) is 0.143. The molecule has 1 heterocycles. The summed E-state index contributed by atoms with van der Waals surface area (Å²) in [4.78, 5) is 38.1. The van der Waals surface area contributed by atoms with Crippen LogP contribution in [-0.2, 0) is 16.0 Å². The van der Waals surface area contributed by atoms with Gasteiger partial charge in [-0.2, -0.15) is 0 Å². The molecule has 0 spiro atoms. The van der Waals surface area contributed by atoms with Crippen LogP contribution in [0.5, 0.6) is 0 Å². The summed E-state index contributed by atoms with van der Waals surface area (Å²) in [6, 6.07) is 10.1. The van der Waals surface area contributed by atoms with Crippen LogP contribution in [0, 0.1) is 16.3 Å². The first-order valence-corrected chi connectivity index (χ1v) is 9.35. The number of amides is 4. The molecule has 0 radical (unpaired) electrons. The van der Waals surface area contributed by atoms with Crippen molar-refractivity contribution in [1.82, 2.24) is 10.2 Å². The first-order chi connectivity index (χ1) is 12.9. The summed E-state index contributed by atoms with van der Waals surface area (Å²) < 4.78 is 14.8. The molecule has 4 amide bonds. The Labute approximate surface area is 169 Å². The van der Waals surface area contributed by atoms with Crippen molar-refractivity contribution < 1.29 is 18.8 Å². The summed E-state index contributed by atoms with van der Waals surface area (Å²) in [5.41, 5.74) is 1.76. The molecule has 3 rings (SSSR count). The van der Waals surface area contributed by atoms with Crippen molar-refractivity contribution in [2.75, 3.05) is 11.9 Å². The molecule has 0 bridgehead atoms. The van der Waals surface area contributed by atoms with Crippen molar-refractivity contribution in [1.29, 1.82) is 0 Å². The van der Waals surface area contributed by atoms with Gasteiger partial charge in [-0.1, -0.05) is 24.3 Å². The van der Waals surface area contributed by atoms with Crippen LogP contribution in [0.1, 0.15) is 11.1 Å².